The molecule has 0 atom stereocenters. The van der Waals surface area contributed by atoms with Crippen LogP contribution in [0.25, 0.3) is 11.4 Å². The van der Waals surface area contributed by atoms with Crippen molar-refractivity contribution in [3.05, 3.63) is 65.4 Å². The van der Waals surface area contributed by atoms with Crippen LogP contribution in [-0.4, -0.2) is 49.2 Å². The molecule has 8 nitrogen and oxygen atoms in total. The van der Waals surface area contributed by atoms with E-state index in [1.165, 1.54) is 6.07 Å². The first-order chi connectivity index (χ1) is 16.0. The van der Waals surface area contributed by atoms with E-state index in [4.69, 9.17) is 14.2 Å². The number of methoxy groups -OCH3 is 1. The van der Waals surface area contributed by atoms with E-state index in [0.717, 1.165) is 12.1 Å². The van der Waals surface area contributed by atoms with Crippen molar-refractivity contribution in [1.29, 1.82) is 0 Å². The molecule has 33 heavy (non-hydrogen) atoms. The number of rotatable bonds is 10. The van der Waals surface area contributed by atoms with Crippen LogP contribution < -0.4 is 10.1 Å². The Bertz CT molecular complexity index is 1120. The van der Waals surface area contributed by atoms with Crippen LogP contribution in [0.2, 0.25) is 0 Å². The second-order valence-electron chi connectivity index (χ2n) is 6.58. The third-order valence-corrected chi connectivity index (χ3v) is 4.39. The maximum Gasteiger partial charge on any atom is 0.344 e. The van der Waals surface area contributed by atoms with Gasteiger partial charge in [0.15, 0.2) is 12.1 Å². The Morgan fingerprint density at radius 3 is 2.36 bits per heavy atom. The van der Waals surface area contributed by atoms with Gasteiger partial charge in [0.25, 0.3) is 0 Å². The summed E-state index contributed by atoms with van der Waals surface area (Å²) in [6.07, 6.45) is 0.300. The van der Waals surface area contributed by atoms with Crippen molar-refractivity contribution in [2.75, 3.05) is 32.2 Å². The minimum absolute atomic E-state index is 0.0355. The van der Waals surface area contributed by atoms with E-state index >= 15 is 0 Å². The summed E-state index contributed by atoms with van der Waals surface area (Å²) in [5.74, 6) is -2.66. The monoisotopic (exact) mass is 457 g/mol. The molecule has 172 valence electrons. The fraction of sp³-hybridized carbons (Fsp3) is 0.217. The summed E-state index contributed by atoms with van der Waals surface area (Å²) >= 11 is 0. The predicted octanol–water partition coefficient (Wildman–Crippen LogP) is 4.18. The number of aromatic nitrogens is 2. The van der Waals surface area contributed by atoms with Crippen molar-refractivity contribution in [2.24, 2.45) is 0 Å². The molecule has 0 radical (unpaired) electrons. The Labute approximate surface area is 188 Å². The lowest BCUT2D eigenvalue weighted by Gasteiger charge is -2.14. The Morgan fingerprint density at radius 1 is 1.06 bits per heavy atom. The zero-order chi connectivity index (χ0) is 23.8. The molecule has 0 fully saturated rings. The van der Waals surface area contributed by atoms with Gasteiger partial charge in [-0.25, -0.2) is 23.5 Å². The molecule has 0 amide bonds. The Morgan fingerprint density at radius 2 is 1.76 bits per heavy atom. The standard InChI is InChI=1S/C23H21F2N3O5/c1-3-32-23(30)20-18(13-29)27-21(19-16(24)5-4-6-17(19)25)28-22(20)26-14-7-9-15(10-8-14)33-12-11-31-2/h4-10,13H,3,11-12H2,1-2H3,(H,26,27,28). The first-order valence-electron chi connectivity index (χ1n) is 9.96. The summed E-state index contributed by atoms with van der Waals surface area (Å²) in [7, 11) is 1.56. The van der Waals surface area contributed by atoms with Crippen LogP contribution in [0.15, 0.2) is 42.5 Å². The number of benzene rings is 2. The van der Waals surface area contributed by atoms with Crippen LogP contribution in [0.1, 0.15) is 27.8 Å². The highest BCUT2D eigenvalue weighted by molar-refractivity contribution is 6.02. The maximum absolute atomic E-state index is 14.3. The number of nitrogens with one attached hydrogen (secondary N) is 1. The smallest absolute Gasteiger partial charge is 0.344 e. The lowest BCUT2D eigenvalue weighted by atomic mass is 10.1. The van der Waals surface area contributed by atoms with Gasteiger partial charge in [-0.2, -0.15) is 0 Å². The summed E-state index contributed by atoms with van der Waals surface area (Å²) < 4.78 is 44.1. The molecule has 0 aliphatic rings. The number of carbonyl (C=O) groups excluding carboxylic acids is 2. The minimum Gasteiger partial charge on any atom is -0.491 e. The number of ether oxygens (including phenoxy) is 3. The summed E-state index contributed by atoms with van der Waals surface area (Å²) in [6, 6.07) is 9.89. The van der Waals surface area contributed by atoms with E-state index in [1.807, 2.05) is 0 Å². The van der Waals surface area contributed by atoms with Crippen LogP contribution in [0.3, 0.4) is 0 Å². The van der Waals surface area contributed by atoms with E-state index in [9.17, 15) is 18.4 Å². The topological polar surface area (TPSA) is 99.6 Å². The lowest BCUT2D eigenvalue weighted by molar-refractivity contribution is 0.0524. The van der Waals surface area contributed by atoms with Gasteiger partial charge in [-0.1, -0.05) is 6.07 Å². The number of nitrogens with zero attached hydrogens (tertiary/aromatic N) is 2. The molecule has 0 saturated carbocycles. The van der Waals surface area contributed by atoms with Gasteiger partial charge in [-0.05, 0) is 43.3 Å². The number of anilines is 2. The third-order valence-electron chi connectivity index (χ3n) is 4.39. The normalized spacial score (nSPS) is 10.5. The lowest BCUT2D eigenvalue weighted by Crippen LogP contribution is -2.15. The van der Waals surface area contributed by atoms with Gasteiger partial charge in [0.1, 0.15) is 41.1 Å². The summed E-state index contributed by atoms with van der Waals surface area (Å²) in [4.78, 5) is 32.3. The van der Waals surface area contributed by atoms with E-state index in [2.05, 4.69) is 15.3 Å². The molecule has 0 bridgehead atoms. The van der Waals surface area contributed by atoms with Crippen LogP contribution in [0.5, 0.6) is 5.75 Å². The second-order valence-corrected chi connectivity index (χ2v) is 6.58. The van der Waals surface area contributed by atoms with Gasteiger partial charge in [0, 0.05) is 12.8 Å². The Hall–Kier alpha value is -3.92. The molecular weight excluding hydrogens is 436 g/mol. The van der Waals surface area contributed by atoms with Gasteiger partial charge in [0.05, 0.1) is 18.8 Å². The fourth-order valence-electron chi connectivity index (χ4n) is 2.90. The van der Waals surface area contributed by atoms with Crippen molar-refractivity contribution in [3.63, 3.8) is 0 Å². The molecule has 0 aliphatic carbocycles. The molecule has 3 aromatic rings. The first-order valence-corrected chi connectivity index (χ1v) is 9.96. The molecule has 0 aliphatic heterocycles. The molecule has 1 aromatic heterocycles. The quantitative estimate of drug-likeness (QED) is 0.275. The molecule has 2 aromatic carbocycles. The average molecular weight is 457 g/mol. The summed E-state index contributed by atoms with van der Waals surface area (Å²) in [6.45, 7) is 2.42. The van der Waals surface area contributed by atoms with E-state index in [-0.39, 0.29) is 23.7 Å². The third kappa shape index (κ3) is 5.66. The van der Waals surface area contributed by atoms with E-state index in [1.54, 1.807) is 38.3 Å². The molecule has 1 heterocycles. The first kappa shape index (κ1) is 23.7. The molecule has 1 N–H and O–H groups in total. The number of aldehydes is 1. The molecular formula is C23H21F2N3O5. The van der Waals surface area contributed by atoms with Crippen LogP contribution in [0.4, 0.5) is 20.3 Å². The molecule has 0 spiro atoms. The summed E-state index contributed by atoms with van der Waals surface area (Å²) in [5, 5.41) is 2.89. The Kier molecular flexibility index (Phi) is 7.98. The molecule has 3 rings (SSSR count). The zero-order valence-electron chi connectivity index (χ0n) is 17.9. The van der Waals surface area contributed by atoms with Crippen molar-refractivity contribution in [2.45, 2.75) is 6.92 Å². The maximum atomic E-state index is 14.3. The van der Waals surface area contributed by atoms with Crippen LogP contribution >= 0.6 is 0 Å². The van der Waals surface area contributed by atoms with Gasteiger partial charge >= 0.3 is 5.97 Å². The largest absolute Gasteiger partial charge is 0.491 e. The highest BCUT2D eigenvalue weighted by atomic mass is 19.1. The highest BCUT2D eigenvalue weighted by Gasteiger charge is 2.25. The number of hydrogen-bond donors (Lipinski definition) is 1. The highest BCUT2D eigenvalue weighted by Crippen LogP contribution is 2.29. The minimum atomic E-state index is -0.917. The van der Waals surface area contributed by atoms with Crippen LogP contribution in [-0.2, 0) is 9.47 Å². The summed E-state index contributed by atoms with van der Waals surface area (Å²) in [5.41, 5.74) is -0.688. The van der Waals surface area contributed by atoms with Gasteiger partial charge in [-0.3, -0.25) is 4.79 Å². The van der Waals surface area contributed by atoms with Crippen molar-refractivity contribution >= 4 is 23.8 Å². The number of halogens is 2. The Balaban J connectivity index is 2.05. The fourth-order valence-corrected chi connectivity index (χ4v) is 2.90. The number of hydrogen-bond acceptors (Lipinski definition) is 8. The molecule has 10 heteroatoms. The predicted molar refractivity (Wildman–Crippen MR) is 116 cm³/mol. The second kappa shape index (κ2) is 11.1. The van der Waals surface area contributed by atoms with Crippen molar-refractivity contribution in [3.8, 4) is 17.1 Å². The molecule has 0 unspecified atom stereocenters. The average Bonchev–Trinajstić information content (AvgIpc) is 2.80. The van der Waals surface area contributed by atoms with Gasteiger partial charge < -0.3 is 19.5 Å². The number of esters is 1. The molecule has 0 saturated heterocycles. The van der Waals surface area contributed by atoms with Crippen molar-refractivity contribution < 1.29 is 32.6 Å². The van der Waals surface area contributed by atoms with E-state index in [0.29, 0.717) is 30.9 Å². The number of carbonyl (C=O) groups is 2. The van der Waals surface area contributed by atoms with E-state index < -0.39 is 29.0 Å². The van der Waals surface area contributed by atoms with Crippen LogP contribution in [0, 0.1) is 11.6 Å². The van der Waals surface area contributed by atoms with Crippen molar-refractivity contribution in [1.82, 2.24) is 9.97 Å². The van der Waals surface area contributed by atoms with Gasteiger partial charge in [-0.15, -0.1) is 0 Å². The van der Waals surface area contributed by atoms with Gasteiger partial charge in [0.2, 0.25) is 0 Å². The SMILES string of the molecule is CCOC(=O)c1c(C=O)nc(-c2c(F)cccc2F)nc1Nc1ccc(OCCOC)cc1. The zero-order valence-corrected chi connectivity index (χ0v) is 17.9.